The van der Waals surface area contributed by atoms with Gasteiger partial charge < -0.3 is 0 Å². The van der Waals surface area contributed by atoms with Crippen LogP contribution < -0.4 is 0 Å². The van der Waals surface area contributed by atoms with Gasteiger partial charge in [0.15, 0.2) is 0 Å². The van der Waals surface area contributed by atoms with Crippen LogP contribution in [0.4, 0.5) is 0 Å². The van der Waals surface area contributed by atoms with E-state index in [9.17, 15) is 0 Å². The van der Waals surface area contributed by atoms with Gasteiger partial charge in [0.1, 0.15) is 0 Å². The summed E-state index contributed by atoms with van der Waals surface area (Å²) in [6, 6.07) is 18.5. The van der Waals surface area contributed by atoms with Crippen molar-refractivity contribution in [2.45, 2.75) is 87.5 Å². The van der Waals surface area contributed by atoms with Gasteiger partial charge in [0.2, 0.25) is 0 Å². The van der Waals surface area contributed by atoms with Gasteiger partial charge in [-0.2, -0.15) is 0 Å². The highest BCUT2D eigenvalue weighted by Gasteiger charge is 2.45. The number of benzene rings is 2. The standard InChI is InChI=1S/C26H34S/c1-21-13-5-7-15-23(21)25(17-9-3-10-18-25)27-26(19-11-4-12-20-26)24-16-8-6-14-22(24)2/h5-8,13-16H,3-4,9-12,17-20H2,1-2H3. The second kappa shape index (κ2) is 8.03. The summed E-state index contributed by atoms with van der Waals surface area (Å²) in [4.78, 5) is 0. The zero-order chi connectivity index (χ0) is 18.7. The van der Waals surface area contributed by atoms with Gasteiger partial charge in [0.05, 0.1) is 0 Å². The lowest BCUT2D eigenvalue weighted by Gasteiger charge is -2.48. The normalized spacial score (nSPS) is 21.7. The molecule has 2 aliphatic carbocycles. The number of hydrogen-bond acceptors (Lipinski definition) is 1. The highest BCUT2D eigenvalue weighted by molar-refractivity contribution is 8.01. The largest absolute Gasteiger partial charge is 0.139 e. The van der Waals surface area contributed by atoms with Crippen LogP contribution in [0, 0.1) is 13.8 Å². The van der Waals surface area contributed by atoms with Crippen molar-refractivity contribution in [2.75, 3.05) is 0 Å². The molecule has 0 heterocycles. The SMILES string of the molecule is Cc1ccccc1C1(SC2(c3ccccc3C)CCCCC2)CCCCC1. The molecule has 27 heavy (non-hydrogen) atoms. The molecule has 0 unspecified atom stereocenters. The Balaban J connectivity index is 1.80. The Hall–Kier alpha value is -1.21. The van der Waals surface area contributed by atoms with E-state index in [1.54, 1.807) is 11.1 Å². The minimum Gasteiger partial charge on any atom is -0.139 e. The van der Waals surface area contributed by atoms with Crippen LogP contribution in [0.15, 0.2) is 48.5 Å². The minimum atomic E-state index is 0.295. The molecule has 0 aliphatic heterocycles. The van der Waals surface area contributed by atoms with Crippen molar-refractivity contribution in [1.29, 1.82) is 0 Å². The van der Waals surface area contributed by atoms with Gasteiger partial charge in [0.25, 0.3) is 0 Å². The van der Waals surface area contributed by atoms with Gasteiger partial charge in [-0.05, 0) is 61.8 Å². The van der Waals surface area contributed by atoms with Gasteiger partial charge in [-0.25, -0.2) is 0 Å². The summed E-state index contributed by atoms with van der Waals surface area (Å²) in [6.45, 7) is 4.65. The van der Waals surface area contributed by atoms with Crippen LogP contribution in [-0.4, -0.2) is 0 Å². The molecule has 2 aromatic carbocycles. The quantitative estimate of drug-likeness (QED) is 0.518. The van der Waals surface area contributed by atoms with Crippen molar-refractivity contribution in [3.8, 4) is 0 Å². The molecule has 4 rings (SSSR count). The van der Waals surface area contributed by atoms with E-state index >= 15 is 0 Å². The van der Waals surface area contributed by atoms with E-state index < -0.39 is 0 Å². The van der Waals surface area contributed by atoms with Crippen molar-refractivity contribution in [1.82, 2.24) is 0 Å². The van der Waals surface area contributed by atoms with E-state index in [0.717, 1.165) is 0 Å². The highest BCUT2D eigenvalue weighted by Crippen LogP contribution is 2.61. The third-order valence-corrected chi connectivity index (χ3v) is 9.02. The maximum absolute atomic E-state index is 2.43. The summed E-state index contributed by atoms with van der Waals surface area (Å²) in [7, 11) is 0. The summed E-state index contributed by atoms with van der Waals surface area (Å²) < 4.78 is 0.590. The first-order valence-corrected chi connectivity index (χ1v) is 11.8. The maximum atomic E-state index is 2.43. The third-order valence-electron chi connectivity index (χ3n) is 6.99. The first-order chi connectivity index (χ1) is 13.2. The van der Waals surface area contributed by atoms with E-state index in [0.29, 0.717) is 9.49 Å². The van der Waals surface area contributed by atoms with Crippen molar-refractivity contribution in [2.24, 2.45) is 0 Å². The zero-order valence-corrected chi connectivity index (χ0v) is 17.9. The number of rotatable bonds is 4. The predicted molar refractivity (Wildman–Crippen MR) is 119 cm³/mol. The number of aryl methyl sites for hydroxylation is 2. The Bertz CT molecular complexity index is 698. The fourth-order valence-corrected chi connectivity index (χ4v) is 8.05. The first kappa shape index (κ1) is 19.1. The molecule has 0 aromatic heterocycles. The molecule has 0 amide bonds. The molecule has 0 saturated heterocycles. The average Bonchev–Trinajstić information content (AvgIpc) is 2.70. The lowest BCUT2D eigenvalue weighted by molar-refractivity contribution is 0.372. The van der Waals surface area contributed by atoms with E-state index in [4.69, 9.17) is 0 Å². The van der Waals surface area contributed by atoms with Gasteiger partial charge in [0, 0.05) is 9.49 Å². The molecule has 0 atom stereocenters. The predicted octanol–water partition coefficient (Wildman–Crippen LogP) is 8.06. The maximum Gasteiger partial charge on any atom is 0.0419 e. The number of thioether (sulfide) groups is 1. The average molecular weight is 379 g/mol. The highest BCUT2D eigenvalue weighted by atomic mass is 32.2. The smallest absolute Gasteiger partial charge is 0.0419 e. The fraction of sp³-hybridized carbons (Fsp3) is 0.538. The summed E-state index contributed by atoms with van der Waals surface area (Å²) >= 11 is 2.37. The molecule has 0 N–H and O–H groups in total. The molecule has 0 spiro atoms. The summed E-state index contributed by atoms with van der Waals surface area (Å²) in [5, 5.41) is 0. The Morgan fingerprint density at radius 1 is 0.556 bits per heavy atom. The molecule has 2 saturated carbocycles. The summed E-state index contributed by atoms with van der Waals surface area (Å²) in [5.41, 5.74) is 6.21. The van der Waals surface area contributed by atoms with Crippen LogP contribution in [0.3, 0.4) is 0 Å². The Labute approximate surface area is 170 Å². The van der Waals surface area contributed by atoms with Gasteiger partial charge in [-0.3, -0.25) is 0 Å². The summed E-state index contributed by atoms with van der Waals surface area (Å²) in [5.74, 6) is 0. The lowest BCUT2D eigenvalue weighted by atomic mass is 9.80. The van der Waals surface area contributed by atoms with Crippen LogP contribution in [0.5, 0.6) is 0 Å². The van der Waals surface area contributed by atoms with Gasteiger partial charge in [-0.1, -0.05) is 87.1 Å². The molecular weight excluding hydrogens is 344 g/mol. The van der Waals surface area contributed by atoms with Crippen molar-refractivity contribution >= 4 is 11.8 Å². The number of hydrogen-bond donors (Lipinski definition) is 0. The minimum absolute atomic E-state index is 0.295. The van der Waals surface area contributed by atoms with Crippen LogP contribution in [0.1, 0.15) is 86.5 Å². The van der Waals surface area contributed by atoms with Crippen LogP contribution in [-0.2, 0) is 9.49 Å². The first-order valence-electron chi connectivity index (χ1n) is 11.0. The third kappa shape index (κ3) is 3.73. The molecule has 0 radical (unpaired) electrons. The topological polar surface area (TPSA) is 0 Å². The Morgan fingerprint density at radius 3 is 1.30 bits per heavy atom. The van der Waals surface area contributed by atoms with Crippen LogP contribution in [0.2, 0.25) is 0 Å². The van der Waals surface area contributed by atoms with Crippen LogP contribution >= 0.6 is 11.8 Å². The molecule has 2 aromatic rings. The second-order valence-electron chi connectivity index (χ2n) is 8.84. The monoisotopic (exact) mass is 378 g/mol. The van der Waals surface area contributed by atoms with Crippen molar-refractivity contribution < 1.29 is 0 Å². The molecule has 0 nitrogen and oxygen atoms in total. The Kier molecular flexibility index (Phi) is 5.69. The Morgan fingerprint density at radius 2 is 0.926 bits per heavy atom. The van der Waals surface area contributed by atoms with E-state index in [2.05, 4.69) is 74.1 Å². The van der Waals surface area contributed by atoms with Gasteiger partial charge >= 0.3 is 0 Å². The molecule has 1 heteroatoms. The molecule has 2 aliphatic rings. The van der Waals surface area contributed by atoms with E-state index in [1.807, 2.05) is 0 Å². The van der Waals surface area contributed by atoms with Crippen molar-refractivity contribution in [3.63, 3.8) is 0 Å². The fourth-order valence-electron chi connectivity index (χ4n) is 5.64. The summed E-state index contributed by atoms with van der Waals surface area (Å²) in [6.07, 6.45) is 13.7. The molecule has 2 fully saturated rings. The molecule has 0 bridgehead atoms. The van der Waals surface area contributed by atoms with E-state index in [1.165, 1.54) is 75.3 Å². The van der Waals surface area contributed by atoms with E-state index in [-0.39, 0.29) is 0 Å². The molecular formula is C26H34S. The van der Waals surface area contributed by atoms with Crippen LogP contribution in [0.25, 0.3) is 0 Å². The van der Waals surface area contributed by atoms with Crippen molar-refractivity contribution in [3.05, 3.63) is 70.8 Å². The lowest BCUT2D eigenvalue weighted by Crippen LogP contribution is -2.36. The second-order valence-corrected chi connectivity index (χ2v) is 10.6. The zero-order valence-electron chi connectivity index (χ0n) is 17.1. The van der Waals surface area contributed by atoms with Gasteiger partial charge in [-0.15, -0.1) is 11.8 Å². The molecule has 144 valence electrons.